The van der Waals surface area contributed by atoms with Gasteiger partial charge in [0.2, 0.25) is 10.0 Å². The average molecular weight is 239 g/mol. The van der Waals surface area contributed by atoms with E-state index >= 15 is 0 Å². The van der Waals surface area contributed by atoms with E-state index in [1.54, 1.807) is 16.5 Å². The molecular formula is C12H17NO2S. The van der Waals surface area contributed by atoms with Gasteiger partial charge < -0.3 is 0 Å². The summed E-state index contributed by atoms with van der Waals surface area (Å²) in [5.74, 6) is 0. The van der Waals surface area contributed by atoms with E-state index in [-0.39, 0.29) is 0 Å². The van der Waals surface area contributed by atoms with Gasteiger partial charge in [-0.15, -0.1) is 0 Å². The van der Waals surface area contributed by atoms with Crippen LogP contribution in [-0.4, -0.2) is 25.8 Å². The van der Waals surface area contributed by atoms with Crippen LogP contribution in [0, 0.1) is 0 Å². The molecule has 0 saturated carbocycles. The van der Waals surface area contributed by atoms with Gasteiger partial charge in [0.1, 0.15) is 0 Å². The fraction of sp³-hybridized carbons (Fsp3) is 0.500. The van der Waals surface area contributed by atoms with Crippen molar-refractivity contribution in [1.82, 2.24) is 4.31 Å². The highest BCUT2D eigenvalue weighted by molar-refractivity contribution is 7.93. The zero-order valence-electron chi connectivity index (χ0n) is 9.30. The number of hydrogen-bond donors (Lipinski definition) is 0. The van der Waals surface area contributed by atoms with E-state index in [1.165, 1.54) is 0 Å². The molecule has 0 aromatic rings. The first-order valence-electron chi connectivity index (χ1n) is 5.75. The SMILES string of the molecule is O=S(=O)(C1=CC=CCC=C1)N1CCCCC1. The predicted octanol–water partition coefficient (Wildman–Crippen LogP) is 2.20. The topological polar surface area (TPSA) is 37.4 Å². The third-order valence-corrected chi connectivity index (χ3v) is 4.82. The Morgan fingerprint density at radius 3 is 2.56 bits per heavy atom. The minimum atomic E-state index is -3.25. The summed E-state index contributed by atoms with van der Waals surface area (Å²) < 4.78 is 26.1. The van der Waals surface area contributed by atoms with E-state index in [0.717, 1.165) is 25.7 Å². The summed E-state index contributed by atoms with van der Waals surface area (Å²) in [6.45, 7) is 1.33. The van der Waals surface area contributed by atoms with Gasteiger partial charge >= 0.3 is 0 Å². The van der Waals surface area contributed by atoms with Crippen molar-refractivity contribution in [3.8, 4) is 0 Å². The van der Waals surface area contributed by atoms with Crippen LogP contribution in [0.1, 0.15) is 25.7 Å². The molecule has 2 aliphatic rings. The summed E-state index contributed by atoms with van der Waals surface area (Å²) in [6, 6.07) is 0. The van der Waals surface area contributed by atoms with Gasteiger partial charge in [0.05, 0.1) is 4.91 Å². The maximum absolute atomic E-state index is 12.3. The lowest BCUT2D eigenvalue weighted by Gasteiger charge is -2.26. The van der Waals surface area contributed by atoms with Crippen molar-refractivity contribution in [2.75, 3.05) is 13.1 Å². The number of rotatable bonds is 2. The van der Waals surface area contributed by atoms with Crippen molar-refractivity contribution >= 4 is 10.0 Å². The standard InChI is InChI=1S/C12H17NO2S/c14-16(15,13-10-6-3-7-11-13)12-8-4-1-2-5-9-12/h1,4-5,8-9H,2-3,6-7,10-11H2. The average Bonchev–Trinajstić information content (AvgIpc) is 2.59. The summed E-state index contributed by atoms with van der Waals surface area (Å²) in [6.07, 6.45) is 13.0. The molecule has 0 atom stereocenters. The smallest absolute Gasteiger partial charge is 0.207 e. The molecule has 0 aromatic carbocycles. The summed E-state index contributed by atoms with van der Waals surface area (Å²) in [5, 5.41) is 0. The Morgan fingerprint density at radius 1 is 1.06 bits per heavy atom. The second kappa shape index (κ2) is 4.97. The third kappa shape index (κ3) is 2.44. The van der Waals surface area contributed by atoms with Crippen LogP contribution in [0.5, 0.6) is 0 Å². The van der Waals surface area contributed by atoms with Gasteiger partial charge in [-0.05, 0) is 31.4 Å². The Balaban J connectivity index is 2.23. The molecule has 1 heterocycles. The van der Waals surface area contributed by atoms with E-state index in [4.69, 9.17) is 0 Å². The molecule has 4 heteroatoms. The molecule has 0 radical (unpaired) electrons. The first-order valence-corrected chi connectivity index (χ1v) is 7.19. The molecule has 0 amide bonds. The van der Waals surface area contributed by atoms with Crippen molar-refractivity contribution in [3.05, 3.63) is 35.3 Å². The van der Waals surface area contributed by atoms with Crippen molar-refractivity contribution in [3.63, 3.8) is 0 Å². The lowest BCUT2D eigenvalue weighted by molar-refractivity contribution is 0.350. The fourth-order valence-electron chi connectivity index (χ4n) is 1.99. The predicted molar refractivity (Wildman–Crippen MR) is 65.3 cm³/mol. The summed E-state index contributed by atoms with van der Waals surface area (Å²) in [7, 11) is -3.25. The Kier molecular flexibility index (Phi) is 3.61. The van der Waals surface area contributed by atoms with Crippen LogP contribution in [0.15, 0.2) is 35.3 Å². The molecule has 3 nitrogen and oxygen atoms in total. The molecule has 0 spiro atoms. The monoisotopic (exact) mass is 239 g/mol. The summed E-state index contributed by atoms with van der Waals surface area (Å²) in [4.78, 5) is 0.420. The van der Waals surface area contributed by atoms with Crippen molar-refractivity contribution in [2.45, 2.75) is 25.7 Å². The molecule has 2 rings (SSSR count). The minimum Gasteiger partial charge on any atom is -0.207 e. The second-order valence-corrected chi connectivity index (χ2v) is 6.04. The Bertz CT molecular complexity index is 426. The highest BCUT2D eigenvalue weighted by Crippen LogP contribution is 2.21. The van der Waals surface area contributed by atoms with Crippen LogP contribution in [0.3, 0.4) is 0 Å². The van der Waals surface area contributed by atoms with Crippen LogP contribution >= 0.6 is 0 Å². The van der Waals surface area contributed by atoms with E-state index in [9.17, 15) is 8.42 Å². The van der Waals surface area contributed by atoms with Gasteiger partial charge in [0.25, 0.3) is 0 Å². The molecular weight excluding hydrogens is 222 g/mol. The zero-order chi connectivity index (χ0) is 11.4. The van der Waals surface area contributed by atoms with Crippen molar-refractivity contribution in [1.29, 1.82) is 0 Å². The quantitative estimate of drug-likeness (QED) is 0.741. The molecule has 1 saturated heterocycles. The van der Waals surface area contributed by atoms with Crippen molar-refractivity contribution in [2.24, 2.45) is 0 Å². The van der Waals surface area contributed by atoms with Crippen LogP contribution < -0.4 is 0 Å². The maximum atomic E-state index is 12.3. The number of piperidine rings is 1. The summed E-state index contributed by atoms with van der Waals surface area (Å²) >= 11 is 0. The number of nitrogens with zero attached hydrogens (tertiary/aromatic N) is 1. The largest absolute Gasteiger partial charge is 0.243 e. The highest BCUT2D eigenvalue weighted by atomic mass is 32.2. The summed E-state index contributed by atoms with van der Waals surface area (Å²) in [5.41, 5.74) is 0. The maximum Gasteiger partial charge on any atom is 0.243 e. The van der Waals surface area contributed by atoms with Gasteiger partial charge in [-0.25, -0.2) is 8.42 Å². The van der Waals surface area contributed by atoms with Crippen LogP contribution in [-0.2, 0) is 10.0 Å². The van der Waals surface area contributed by atoms with Gasteiger partial charge in [0.15, 0.2) is 0 Å². The van der Waals surface area contributed by atoms with E-state index in [0.29, 0.717) is 18.0 Å². The third-order valence-electron chi connectivity index (χ3n) is 2.90. The Labute approximate surface area is 97.2 Å². The van der Waals surface area contributed by atoms with Gasteiger partial charge in [-0.2, -0.15) is 4.31 Å². The molecule has 16 heavy (non-hydrogen) atoms. The molecule has 1 aliphatic heterocycles. The molecule has 88 valence electrons. The Morgan fingerprint density at radius 2 is 1.81 bits per heavy atom. The Hall–Kier alpha value is -0.870. The molecule has 1 aliphatic carbocycles. The lowest BCUT2D eigenvalue weighted by atomic mass is 10.2. The van der Waals surface area contributed by atoms with E-state index < -0.39 is 10.0 Å². The van der Waals surface area contributed by atoms with Crippen LogP contribution in [0.25, 0.3) is 0 Å². The van der Waals surface area contributed by atoms with Crippen LogP contribution in [0.4, 0.5) is 0 Å². The number of hydrogen-bond acceptors (Lipinski definition) is 2. The first-order chi connectivity index (χ1) is 7.71. The second-order valence-electron chi connectivity index (χ2n) is 4.10. The van der Waals surface area contributed by atoms with Gasteiger partial charge in [-0.1, -0.05) is 24.6 Å². The molecule has 1 fully saturated rings. The van der Waals surface area contributed by atoms with E-state index in [2.05, 4.69) is 0 Å². The normalized spacial score (nSPS) is 22.9. The van der Waals surface area contributed by atoms with Crippen molar-refractivity contribution < 1.29 is 8.42 Å². The first kappa shape index (κ1) is 11.6. The van der Waals surface area contributed by atoms with Gasteiger partial charge in [-0.3, -0.25) is 0 Å². The molecule has 0 N–H and O–H groups in total. The molecule has 0 aromatic heterocycles. The van der Waals surface area contributed by atoms with Crippen LogP contribution in [0.2, 0.25) is 0 Å². The minimum absolute atomic E-state index is 0.420. The fourth-order valence-corrected chi connectivity index (χ4v) is 3.54. The molecule has 0 bridgehead atoms. The molecule has 0 unspecified atom stereocenters. The zero-order valence-corrected chi connectivity index (χ0v) is 10.1. The number of allylic oxidation sites excluding steroid dienone is 5. The van der Waals surface area contributed by atoms with E-state index in [1.807, 2.05) is 18.2 Å². The van der Waals surface area contributed by atoms with Gasteiger partial charge in [0, 0.05) is 13.1 Å². The lowest BCUT2D eigenvalue weighted by Crippen LogP contribution is -2.36. The highest BCUT2D eigenvalue weighted by Gasteiger charge is 2.26. The number of sulfonamides is 1.